The lowest BCUT2D eigenvalue weighted by molar-refractivity contribution is 0.314. The van der Waals surface area contributed by atoms with Gasteiger partial charge in [-0.25, -0.2) is 0 Å². The molecule has 3 nitrogen and oxygen atoms in total. The van der Waals surface area contributed by atoms with Gasteiger partial charge in [-0.2, -0.15) is 5.26 Å². The third-order valence-electron chi connectivity index (χ3n) is 3.90. The molecule has 0 bridgehead atoms. The maximum Gasteiger partial charge on any atom is 0.101 e. The third-order valence-corrected chi connectivity index (χ3v) is 3.90. The molecule has 0 aliphatic carbocycles. The summed E-state index contributed by atoms with van der Waals surface area (Å²) in [5.41, 5.74) is 3.04. The molecule has 0 amide bonds. The van der Waals surface area contributed by atoms with Crippen LogP contribution in [0.25, 0.3) is 0 Å². The lowest BCUT2D eigenvalue weighted by atomic mass is 10.1. The van der Waals surface area contributed by atoms with Gasteiger partial charge in [-0.3, -0.25) is 0 Å². The average Bonchev–Trinajstić information content (AvgIpc) is 2.74. The van der Waals surface area contributed by atoms with Crippen LogP contribution in [-0.2, 0) is 0 Å². The van der Waals surface area contributed by atoms with Crippen LogP contribution in [0.5, 0.6) is 0 Å². The second kappa shape index (κ2) is 5.41. The zero-order valence-electron chi connectivity index (χ0n) is 11.5. The van der Waals surface area contributed by atoms with Gasteiger partial charge in [0.15, 0.2) is 0 Å². The number of anilines is 1. The first-order valence-corrected chi connectivity index (χ1v) is 6.54. The number of nitrogens with zero attached hydrogens (tertiary/aromatic N) is 3. The number of likely N-dealkylation sites (N-methyl/N-ethyl adjacent to an activating group) is 2. The SMILES string of the molecule is Cc1cccc(C#N)c1N(C)CC1CCCN1C. The Bertz CT molecular complexity index is 461. The van der Waals surface area contributed by atoms with Gasteiger partial charge in [-0.05, 0) is 45.0 Å². The van der Waals surface area contributed by atoms with Gasteiger partial charge < -0.3 is 9.80 Å². The summed E-state index contributed by atoms with van der Waals surface area (Å²) >= 11 is 0. The quantitative estimate of drug-likeness (QED) is 0.816. The van der Waals surface area contributed by atoms with Crippen molar-refractivity contribution in [1.29, 1.82) is 5.26 Å². The summed E-state index contributed by atoms with van der Waals surface area (Å²) in [7, 11) is 4.28. The van der Waals surface area contributed by atoms with Crippen molar-refractivity contribution in [3.8, 4) is 6.07 Å². The molecule has 18 heavy (non-hydrogen) atoms. The molecule has 0 aromatic heterocycles. The summed E-state index contributed by atoms with van der Waals surface area (Å²) < 4.78 is 0. The Balaban J connectivity index is 2.18. The molecule has 0 radical (unpaired) electrons. The lowest BCUT2D eigenvalue weighted by Crippen LogP contribution is -2.37. The van der Waals surface area contributed by atoms with Crippen molar-refractivity contribution < 1.29 is 0 Å². The van der Waals surface area contributed by atoms with Gasteiger partial charge in [-0.1, -0.05) is 12.1 Å². The summed E-state index contributed by atoms with van der Waals surface area (Å²) in [5.74, 6) is 0. The molecule has 1 aromatic carbocycles. The van der Waals surface area contributed by atoms with Crippen molar-refractivity contribution in [3.63, 3.8) is 0 Å². The van der Waals surface area contributed by atoms with E-state index in [1.807, 2.05) is 12.1 Å². The molecule has 1 fully saturated rings. The molecule has 1 saturated heterocycles. The summed E-state index contributed by atoms with van der Waals surface area (Å²) in [4.78, 5) is 4.65. The Hall–Kier alpha value is -1.53. The van der Waals surface area contributed by atoms with Gasteiger partial charge in [0, 0.05) is 19.6 Å². The molecule has 1 atom stereocenters. The van der Waals surface area contributed by atoms with Crippen LogP contribution < -0.4 is 4.90 Å². The summed E-state index contributed by atoms with van der Waals surface area (Å²) in [6.07, 6.45) is 2.54. The van der Waals surface area contributed by atoms with Crippen molar-refractivity contribution in [2.45, 2.75) is 25.8 Å². The number of likely N-dealkylation sites (tertiary alicyclic amines) is 1. The second-order valence-corrected chi connectivity index (χ2v) is 5.24. The number of aryl methyl sites for hydroxylation is 1. The van der Waals surface area contributed by atoms with Crippen LogP contribution >= 0.6 is 0 Å². The van der Waals surface area contributed by atoms with E-state index in [4.69, 9.17) is 0 Å². The molecule has 1 aliphatic rings. The van der Waals surface area contributed by atoms with Gasteiger partial charge in [0.05, 0.1) is 11.3 Å². The lowest BCUT2D eigenvalue weighted by Gasteiger charge is -2.29. The van der Waals surface area contributed by atoms with Crippen molar-refractivity contribution in [2.75, 3.05) is 32.1 Å². The molecule has 1 unspecified atom stereocenters. The minimum atomic E-state index is 0.612. The van der Waals surface area contributed by atoms with E-state index in [1.165, 1.54) is 24.9 Å². The Kier molecular flexibility index (Phi) is 3.88. The maximum atomic E-state index is 9.22. The fourth-order valence-electron chi connectivity index (χ4n) is 2.87. The number of hydrogen-bond acceptors (Lipinski definition) is 3. The third kappa shape index (κ3) is 2.49. The van der Waals surface area contributed by atoms with E-state index in [2.05, 4.69) is 43.0 Å². The van der Waals surface area contributed by atoms with Gasteiger partial charge in [0.1, 0.15) is 6.07 Å². The van der Waals surface area contributed by atoms with E-state index in [9.17, 15) is 5.26 Å². The molecular weight excluding hydrogens is 222 g/mol. The first-order chi connectivity index (χ1) is 8.63. The number of para-hydroxylation sites is 1. The fraction of sp³-hybridized carbons (Fsp3) is 0.533. The Labute approximate surface area is 110 Å². The molecular formula is C15H21N3. The van der Waals surface area contributed by atoms with E-state index < -0.39 is 0 Å². The normalized spacial score (nSPS) is 19.8. The minimum Gasteiger partial charge on any atom is -0.372 e. The molecule has 2 rings (SSSR count). The summed E-state index contributed by atoms with van der Waals surface area (Å²) in [5, 5.41) is 9.22. The minimum absolute atomic E-state index is 0.612. The highest BCUT2D eigenvalue weighted by Crippen LogP contribution is 2.25. The largest absolute Gasteiger partial charge is 0.372 e. The second-order valence-electron chi connectivity index (χ2n) is 5.24. The first-order valence-electron chi connectivity index (χ1n) is 6.54. The van der Waals surface area contributed by atoms with Crippen LogP contribution in [-0.4, -0.2) is 38.1 Å². The van der Waals surface area contributed by atoms with Crippen LogP contribution in [0.2, 0.25) is 0 Å². The van der Waals surface area contributed by atoms with Crippen molar-refractivity contribution in [2.24, 2.45) is 0 Å². The van der Waals surface area contributed by atoms with Crippen LogP contribution in [0.15, 0.2) is 18.2 Å². The Morgan fingerprint density at radius 1 is 1.50 bits per heavy atom. The van der Waals surface area contributed by atoms with Gasteiger partial charge in [0.2, 0.25) is 0 Å². The highest BCUT2D eigenvalue weighted by molar-refractivity contribution is 5.63. The predicted molar refractivity (Wildman–Crippen MR) is 74.8 cm³/mol. The standard InChI is InChI=1S/C15H21N3/c1-12-6-4-7-13(10-16)15(12)18(3)11-14-8-5-9-17(14)2/h4,6-7,14H,5,8-9,11H2,1-3H3. The number of rotatable bonds is 3. The monoisotopic (exact) mass is 243 g/mol. The molecule has 0 saturated carbocycles. The van der Waals surface area contributed by atoms with Crippen LogP contribution in [0.3, 0.4) is 0 Å². The smallest absolute Gasteiger partial charge is 0.101 e. The van der Waals surface area contributed by atoms with Crippen LogP contribution in [0.4, 0.5) is 5.69 Å². The predicted octanol–water partition coefficient (Wildman–Crippen LogP) is 2.40. The molecule has 1 heterocycles. The topological polar surface area (TPSA) is 30.3 Å². The van der Waals surface area contributed by atoms with Crippen LogP contribution in [0, 0.1) is 18.3 Å². The fourth-order valence-corrected chi connectivity index (χ4v) is 2.87. The van der Waals surface area contributed by atoms with Gasteiger partial charge in [0.25, 0.3) is 0 Å². The van der Waals surface area contributed by atoms with E-state index in [1.54, 1.807) is 0 Å². The number of benzene rings is 1. The zero-order valence-corrected chi connectivity index (χ0v) is 11.5. The van der Waals surface area contributed by atoms with E-state index in [0.717, 1.165) is 17.8 Å². The van der Waals surface area contributed by atoms with E-state index in [0.29, 0.717) is 6.04 Å². The summed E-state index contributed by atoms with van der Waals surface area (Å²) in [6, 6.07) is 8.84. The highest BCUT2D eigenvalue weighted by Gasteiger charge is 2.23. The molecule has 1 aromatic rings. The van der Waals surface area contributed by atoms with Crippen LogP contribution in [0.1, 0.15) is 24.0 Å². The van der Waals surface area contributed by atoms with Gasteiger partial charge >= 0.3 is 0 Å². The Morgan fingerprint density at radius 2 is 2.28 bits per heavy atom. The number of nitriles is 1. The number of hydrogen-bond donors (Lipinski definition) is 0. The highest BCUT2D eigenvalue weighted by atomic mass is 15.2. The zero-order chi connectivity index (χ0) is 13.1. The molecule has 3 heteroatoms. The van der Waals surface area contributed by atoms with Crippen molar-refractivity contribution in [3.05, 3.63) is 29.3 Å². The van der Waals surface area contributed by atoms with E-state index in [-0.39, 0.29) is 0 Å². The average molecular weight is 243 g/mol. The van der Waals surface area contributed by atoms with Gasteiger partial charge in [-0.15, -0.1) is 0 Å². The van der Waals surface area contributed by atoms with Crippen molar-refractivity contribution >= 4 is 5.69 Å². The molecule has 96 valence electrons. The Morgan fingerprint density at radius 3 is 2.89 bits per heavy atom. The van der Waals surface area contributed by atoms with E-state index >= 15 is 0 Å². The summed E-state index contributed by atoms with van der Waals surface area (Å²) in [6.45, 7) is 4.26. The first kappa shape index (κ1) is 12.9. The molecule has 1 aliphatic heterocycles. The molecule has 0 N–H and O–H groups in total. The molecule has 0 spiro atoms. The maximum absolute atomic E-state index is 9.22. The van der Waals surface area contributed by atoms with Crippen molar-refractivity contribution in [1.82, 2.24) is 4.90 Å².